The molecule has 2 rings (SSSR count). The number of methoxy groups -OCH3 is 1. The molecule has 7 nitrogen and oxygen atoms in total. The minimum atomic E-state index is -3.61. The number of anilines is 1. The van der Waals surface area contributed by atoms with Gasteiger partial charge in [-0.1, -0.05) is 19.8 Å². The normalized spacial score (nSPS) is 16.4. The maximum absolute atomic E-state index is 12.8. The van der Waals surface area contributed by atoms with Crippen LogP contribution in [0.15, 0.2) is 24.3 Å². The largest absolute Gasteiger partial charge is 0.497 e. The van der Waals surface area contributed by atoms with Gasteiger partial charge < -0.3 is 10.1 Å². The summed E-state index contributed by atoms with van der Waals surface area (Å²) in [7, 11) is -2.04. The third-order valence-corrected chi connectivity index (χ3v) is 6.32. The van der Waals surface area contributed by atoms with E-state index in [0.717, 1.165) is 25.7 Å². The number of amides is 1. The smallest absolute Gasteiger partial charge is 0.282 e. The summed E-state index contributed by atoms with van der Waals surface area (Å²) in [5, 5.41) is 2.73. The first-order valence-corrected chi connectivity index (χ1v) is 10.1. The van der Waals surface area contributed by atoms with Crippen molar-refractivity contribution in [3.05, 3.63) is 24.3 Å². The van der Waals surface area contributed by atoms with Crippen LogP contribution in [-0.4, -0.2) is 56.2 Å². The van der Waals surface area contributed by atoms with Gasteiger partial charge in [0.25, 0.3) is 10.2 Å². The number of hydrogen-bond donors (Lipinski definition) is 1. The highest BCUT2D eigenvalue weighted by molar-refractivity contribution is 7.86. The molecule has 0 radical (unpaired) electrons. The van der Waals surface area contributed by atoms with Crippen molar-refractivity contribution in [2.75, 3.05) is 38.6 Å². The molecule has 1 fully saturated rings. The fourth-order valence-corrected chi connectivity index (χ4v) is 4.48. The maximum Gasteiger partial charge on any atom is 0.282 e. The van der Waals surface area contributed by atoms with Crippen LogP contribution in [0, 0.1) is 0 Å². The molecule has 1 amide bonds. The second kappa shape index (κ2) is 9.17. The Kier molecular flexibility index (Phi) is 7.22. The van der Waals surface area contributed by atoms with Crippen LogP contribution in [0.2, 0.25) is 0 Å². The van der Waals surface area contributed by atoms with Gasteiger partial charge in [-0.15, -0.1) is 0 Å². The van der Waals surface area contributed by atoms with E-state index in [2.05, 4.69) is 5.32 Å². The van der Waals surface area contributed by atoms with Crippen LogP contribution in [0.3, 0.4) is 0 Å². The van der Waals surface area contributed by atoms with Gasteiger partial charge in [0.1, 0.15) is 5.75 Å². The molecule has 25 heavy (non-hydrogen) atoms. The van der Waals surface area contributed by atoms with Gasteiger partial charge in [0, 0.05) is 25.3 Å². The first kappa shape index (κ1) is 19.7. The van der Waals surface area contributed by atoms with Crippen LogP contribution >= 0.6 is 0 Å². The molecule has 0 aliphatic carbocycles. The third kappa shape index (κ3) is 5.42. The highest BCUT2D eigenvalue weighted by Crippen LogP contribution is 2.17. The van der Waals surface area contributed by atoms with Crippen molar-refractivity contribution in [1.82, 2.24) is 8.61 Å². The Bertz CT molecular complexity index is 653. The fourth-order valence-electron chi connectivity index (χ4n) is 2.83. The van der Waals surface area contributed by atoms with E-state index in [4.69, 9.17) is 4.74 Å². The van der Waals surface area contributed by atoms with Crippen LogP contribution in [0.5, 0.6) is 5.75 Å². The molecule has 1 aliphatic rings. The van der Waals surface area contributed by atoms with Crippen molar-refractivity contribution in [3.63, 3.8) is 0 Å². The van der Waals surface area contributed by atoms with E-state index in [-0.39, 0.29) is 19.0 Å². The topological polar surface area (TPSA) is 79.0 Å². The van der Waals surface area contributed by atoms with E-state index in [1.54, 1.807) is 38.3 Å². The van der Waals surface area contributed by atoms with Crippen LogP contribution < -0.4 is 10.1 Å². The number of carbonyl (C=O) groups is 1. The van der Waals surface area contributed by atoms with Gasteiger partial charge in [-0.2, -0.15) is 17.0 Å². The summed E-state index contributed by atoms with van der Waals surface area (Å²) in [6.45, 7) is 2.87. The van der Waals surface area contributed by atoms with E-state index in [1.807, 2.05) is 0 Å². The van der Waals surface area contributed by atoms with E-state index < -0.39 is 10.2 Å². The van der Waals surface area contributed by atoms with Gasteiger partial charge in [-0.05, 0) is 37.1 Å². The van der Waals surface area contributed by atoms with Crippen molar-refractivity contribution < 1.29 is 17.9 Å². The Labute approximate surface area is 150 Å². The summed E-state index contributed by atoms with van der Waals surface area (Å²) in [5.74, 6) is 0.335. The number of benzene rings is 1. The monoisotopic (exact) mass is 369 g/mol. The standard InChI is InChI=1S/C17H27N3O4S/c1-3-19(25(22,23)20-12-6-4-5-7-13-20)14-17(21)18-15-8-10-16(24-2)11-9-15/h8-11H,3-7,12-14H2,1-2H3,(H,18,21). The van der Waals surface area contributed by atoms with Crippen molar-refractivity contribution >= 4 is 21.8 Å². The van der Waals surface area contributed by atoms with Crippen molar-refractivity contribution in [2.45, 2.75) is 32.6 Å². The van der Waals surface area contributed by atoms with E-state index in [1.165, 1.54) is 8.61 Å². The average Bonchev–Trinajstić information content (AvgIpc) is 2.90. The summed E-state index contributed by atoms with van der Waals surface area (Å²) < 4.78 is 33.4. The number of nitrogens with zero attached hydrogens (tertiary/aromatic N) is 2. The Hall–Kier alpha value is -1.64. The lowest BCUT2D eigenvalue weighted by Crippen LogP contribution is -2.47. The van der Waals surface area contributed by atoms with Gasteiger partial charge in [0.15, 0.2) is 0 Å². The lowest BCUT2D eigenvalue weighted by atomic mass is 10.2. The molecule has 0 unspecified atom stereocenters. The van der Waals surface area contributed by atoms with Gasteiger partial charge in [-0.3, -0.25) is 4.79 Å². The highest BCUT2D eigenvalue weighted by atomic mass is 32.2. The molecule has 0 saturated carbocycles. The third-order valence-electron chi connectivity index (χ3n) is 4.26. The Morgan fingerprint density at radius 3 is 2.28 bits per heavy atom. The van der Waals surface area contributed by atoms with Crippen molar-refractivity contribution in [1.29, 1.82) is 0 Å². The molecule has 8 heteroatoms. The number of likely N-dealkylation sites (N-methyl/N-ethyl adjacent to an activating group) is 1. The molecular weight excluding hydrogens is 342 g/mol. The molecule has 1 heterocycles. The molecule has 0 aromatic heterocycles. The number of ether oxygens (including phenoxy) is 1. The molecule has 1 aromatic rings. The van der Waals surface area contributed by atoms with Gasteiger partial charge in [0.05, 0.1) is 13.7 Å². The number of hydrogen-bond acceptors (Lipinski definition) is 4. The van der Waals surface area contributed by atoms with Crippen LogP contribution in [0.25, 0.3) is 0 Å². The summed E-state index contributed by atoms with van der Waals surface area (Å²) in [4.78, 5) is 12.3. The lowest BCUT2D eigenvalue weighted by molar-refractivity contribution is -0.116. The number of nitrogens with one attached hydrogen (secondary N) is 1. The second-order valence-corrected chi connectivity index (χ2v) is 7.95. The SMILES string of the molecule is CCN(CC(=O)Nc1ccc(OC)cc1)S(=O)(=O)N1CCCCCC1. The Morgan fingerprint density at radius 2 is 1.76 bits per heavy atom. The molecule has 1 N–H and O–H groups in total. The minimum absolute atomic E-state index is 0.193. The molecule has 1 saturated heterocycles. The van der Waals surface area contributed by atoms with Crippen molar-refractivity contribution in [2.24, 2.45) is 0 Å². The van der Waals surface area contributed by atoms with Gasteiger partial charge >= 0.3 is 0 Å². The molecule has 0 bridgehead atoms. The summed E-state index contributed by atoms with van der Waals surface area (Å²) >= 11 is 0. The zero-order chi connectivity index (χ0) is 18.3. The molecule has 1 aromatic carbocycles. The molecule has 140 valence electrons. The van der Waals surface area contributed by atoms with E-state index in [9.17, 15) is 13.2 Å². The number of carbonyl (C=O) groups excluding carboxylic acids is 1. The van der Waals surface area contributed by atoms with Gasteiger partial charge in [0.2, 0.25) is 5.91 Å². The molecule has 0 atom stereocenters. The first-order valence-electron chi connectivity index (χ1n) is 8.66. The quantitative estimate of drug-likeness (QED) is 0.798. The zero-order valence-corrected chi connectivity index (χ0v) is 15.7. The van der Waals surface area contributed by atoms with E-state index >= 15 is 0 Å². The molecule has 0 spiro atoms. The van der Waals surface area contributed by atoms with Crippen LogP contribution in [0.1, 0.15) is 32.6 Å². The summed E-state index contributed by atoms with van der Waals surface area (Å²) in [6, 6.07) is 6.91. The average molecular weight is 369 g/mol. The maximum atomic E-state index is 12.8. The summed E-state index contributed by atoms with van der Waals surface area (Å²) in [5.41, 5.74) is 0.606. The Balaban J connectivity index is 2.00. The first-order chi connectivity index (χ1) is 12.0. The predicted molar refractivity (Wildman–Crippen MR) is 97.8 cm³/mol. The molecular formula is C17H27N3O4S. The molecule has 1 aliphatic heterocycles. The van der Waals surface area contributed by atoms with Crippen LogP contribution in [-0.2, 0) is 15.0 Å². The lowest BCUT2D eigenvalue weighted by Gasteiger charge is -2.27. The fraction of sp³-hybridized carbons (Fsp3) is 0.588. The summed E-state index contributed by atoms with van der Waals surface area (Å²) in [6.07, 6.45) is 3.84. The predicted octanol–water partition coefficient (Wildman–Crippen LogP) is 2.08. The second-order valence-electron chi connectivity index (χ2n) is 6.02. The highest BCUT2D eigenvalue weighted by Gasteiger charge is 2.30. The van der Waals surface area contributed by atoms with Crippen LogP contribution in [0.4, 0.5) is 5.69 Å². The minimum Gasteiger partial charge on any atom is -0.497 e. The Morgan fingerprint density at radius 1 is 1.16 bits per heavy atom. The number of rotatable bonds is 7. The van der Waals surface area contributed by atoms with Gasteiger partial charge in [-0.25, -0.2) is 0 Å². The van der Waals surface area contributed by atoms with E-state index in [0.29, 0.717) is 24.5 Å². The zero-order valence-electron chi connectivity index (χ0n) is 14.9. The van der Waals surface area contributed by atoms with Crippen molar-refractivity contribution in [3.8, 4) is 5.75 Å².